The van der Waals surface area contributed by atoms with Crippen LogP contribution in [0, 0.1) is 6.92 Å². The fraction of sp³-hybridized carbons (Fsp3) is 0.600. The molecule has 0 aliphatic carbocycles. The monoisotopic (exact) mass is 226 g/mol. The van der Waals surface area contributed by atoms with Gasteiger partial charge in [-0.1, -0.05) is 0 Å². The number of aryl methyl sites for hydroxylation is 2. The lowest BCUT2D eigenvalue weighted by Gasteiger charge is -1.93. The van der Waals surface area contributed by atoms with Crippen LogP contribution in [-0.4, -0.2) is 24.0 Å². The van der Waals surface area contributed by atoms with E-state index in [0.29, 0.717) is 0 Å². The number of rotatable bonds is 3. The molecule has 0 aromatic carbocycles. The minimum Gasteiger partial charge on any atom is -0.393 e. The maximum atomic E-state index is 10.9. The first-order valence-corrected chi connectivity index (χ1v) is 5.83. The van der Waals surface area contributed by atoms with Crippen LogP contribution in [-0.2, 0) is 15.6 Å². The van der Waals surface area contributed by atoms with Crippen molar-refractivity contribution in [2.75, 3.05) is 5.75 Å². The van der Waals surface area contributed by atoms with Gasteiger partial charge in [-0.2, -0.15) is 4.68 Å². The summed E-state index contributed by atoms with van der Waals surface area (Å²) in [5.41, 5.74) is 0. The highest BCUT2D eigenvalue weighted by atomic mass is 35.7. The molecule has 0 N–H and O–H groups in total. The van der Waals surface area contributed by atoms with Gasteiger partial charge >= 0.3 is 5.76 Å². The van der Waals surface area contributed by atoms with Crippen molar-refractivity contribution in [3.8, 4) is 0 Å². The Bertz CT molecular complexity index is 445. The highest BCUT2D eigenvalue weighted by Crippen LogP contribution is 1.96. The van der Waals surface area contributed by atoms with Crippen molar-refractivity contribution in [1.29, 1.82) is 0 Å². The second kappa shape index (κ2) is 3.51. The van der Waals surface area contributed by atoms with Crippen LogP contribution >= 0.6 is 10.7 Å². The summed E-state index contributed by atoms with van der Waals surface area (Å²) in [7, 11) is 1.34. The molecule has 8 heteroatoms. The smallest absolute Gasteiger partial charge is 0.393 e. The fourth-order valence-electron chi connectivity index (χ4n) is 0.747. The number of halogens is 1. The molecule has 0 spiro atoms. The van der Waals surface area contributed by atoms with Crippen molar-refractivity contribution in [3.05, 3.63) is 16.4 Å². The van der Waals surface area contributed by atoms with Crippen LogP contribution in [0.15, 0.2) is 9.21 Å². The average Bonchev–Trinajstić information content (AvgIpc) is 2.24. The third-order valence-corrected chi connectivity index (χ3v) is 2.39. The van der Waals surface area contributed by atoms with Crippen LogP contribution in [0.3, 0.4) is 0 Å². The first kappa shape index (κ1) is 10.3. The summed E-state index contributed by atoms with van der Waals surface area (Å²) in [5, 5.41) is 3.63. The van der Waals surface area contributed by atoms with E-state index in [1.165, 1.54) is 6.92 Å². The Balaban J connectivity index is 2.76. The third kappa shape index (κ3) is 3.19. The molecule has 0 fully saturated rings. The fourth-order valence-corrected chi connectivity index (χ4v) is 1.35. The summed E-state index contributed by atoms with van der Waals surface area (Å²) in [6, 6.07) is 0. The Labute approximate surface area is 78.5 Å². The van der Waals surface area contributed by atoms with E-state index in [1.54, 1.807) is 0 Å². The normalized spacial score (nSPS) is 11.8. The van der Waals surface area contributed by atoms with Crippen LogP contribution in [0.2, 0.25) is 0 Å². The lowest BCUT2D eigenvalue weighted by molar-refractivity contribution is 0.463. The van der Waals surface area contributed by atoms with Gasteiger partial charge in [0, 0.05) is 17.6 Å². The molecule has 0 aliphatic heterocycles. The van der Waals surface area contributed by atoms with Crippen molar-refractivity contribution >= 4 is 19.7 Å². The van der Waals surface area contributed by atoms with Gasteiger partial charge in [-0.25, -0.2) is 13.2 Å². The molecule has 74 valence electrons. The predicted molar refractivity (Wildman–Crippen MR) is 45.1 cm³/mol. The molecule has 0 saturated carbocycles. The highest BCUT2D eigenvalue weighted by Gasteiger charge is 2.09. The second-order valence-corrected chi connectivity index (χ2v) is 5.25. The Hall–Kier alpha value is -0.820. The van der Waals surface area contributed by atoms with E-state index in [1.807, 2.05) is 0 Å². The minimum atomic E-state index is -3.60. The van der Waals surface area contributed by atoms with E-state index in [9.17, 15) is 13.2 Å². The molecule has 1 aromatic heterocycles. The SMILES string of the molecule is Cc1nn(CCS(=O)(=O)Cl)c(=O)o1. The first-order valence-electron chi connectivity index (χ1n) is 3.35. The molecule has 1 heterocycles. The van der Waals surface area contributed by atoms with E-state index in [2.05, 4.69) is 9.52 Å². The molecular weight excluding hydrogens is 220 g/mol. The standard InChI is InChI=1S/C5H7ClN2O4S/c1-4-7-8(5(9)12-4)2-3-13(6,10)11/h2-3H2,1H3. The van der Waals surface area contributed by atoms with Gasteiger partial charge in [0.15, 0.2) is 0 Å². The summed E-state index contributed by atoms with van der Waals surface area (Å²) >= 11 is 0. The quantitative estimate of drug-likeness (QED) is 0.662. The van der Waals surface area contributed by atoms with Crippen LogP contribution in [0.25, 0.3) is 0 Å². The van der Waals surface area contributed by atoms with Gasteiger partial charge in [-0.15, -0.1) is 5.10 Å². The number of hydrogen-bond donors (Lipinski definition) is 0. The maximum Gasteiger partial charge on any atom is 0.437 e. The average molecular weight is 227 g/mol. The summed E-state index contributed by atoms with van der Waals surface area (Å²) in [4.78, 5) is 10.9. The zero-order chi connectivity index (χ0) is 10.1. The summed E-state index contributed by atoms with van der Waals surface area (Å²) in [5.74, 6) is -0.838. The van der Waals surface area contributed by atoms with Crippen LogP contribution in [0.5, 0.6) is 0 Å². The molecule has 1 aromatic rings. The topological polar surface area (TPSA) is 82.2 Å². The van der Waals surface area contributed by atoms with Gasteiger partial charge in [-0.3, -0.25) is 0 Å². The van der Waals surface area contributed by atoms with Gasteiger partial charge in [0.05, 0.1) is 12.3 Å². The molecule has 6 nitrogen and oxygen atoms in total. The zero-order valence-electron chi connectivity index (χ0n) is 6.73. The van der Waals surface area contributed by atoms with Crippen molar-refractivity contribution in [1.82, 2.24) is 9.78 Å². The molecule has 0 saturated heterocycles. The molecule has 0 atom stereocenters. The largest absolute Gasteiger partial charge is 0.437 e. The van der Waals surface area contributed by atoms with Crippen molar-refractivity contribution < 1.29 is 12.8 Å². The molecule has 0 unspecified atom stereocenters. The van der Waals surface area contributed by atoms with Gasteiger partial charge < -0.3 is 4.42 Å². The van der Waals surface area contributed by atoms with Crippen molar-refractivity contribution in [3.63, 3.8) is 0 Å². The van der Waals surface area contributed by atoms with E-state index < -0.39 is 14.8 Å². The second-order valence-electron chi connectivity index (χ2n) is 2.35. The molecule has 0 bridgehead atoms. The Morgan fingerprint density at radius 1 is 1.62 bits per heavy atom. The maximum absolute atomic E-state index is 10.9. The highest BCUT2D eigenvalue weighted by molar-refractivity contribution is 8.13. The molecular formula is C5H7ClN2O4S. The van der Waals surface area contributed by atoms with Gasteiger partial charge in [0.25, 0.3) is 0 Å². The van der Waals surface area contributed by atoms with E-state index in [4.69, 9.17) is 10.7 Å². The van der Waals surface area contributed by atoms with Crippen LogP contribution in [0.1, 0.15) is 5.89 Å². The van der Waals surface area contributed by atoms with Gasteiger partial charge in [0.1, 0.15) is 0 Å². The molecule has 0 radical (unpaired) electrons. The number of hydrogen-bond acceptors (Lipinski definition) is 5. The number of nitrogens with zero attached hydrogens (tertiary/aromatic N) is 2. The molecule has 13 heavy (non-hydrogen) atoms. The van der Waals surface area contributed by atoms with Gasteiger partial charge in [0.2, 0.25) is 14.9 Å². The van der Waals surface area contributed by atoms with E-state index in [-0.39, 0.29) is 18.2 Å². The lowest BCUT2D eigenvalue weighted by Crippen LogP contribution is -2.19. The zero-order valence-corrected chi connectivity index (χ0v) is 8.30. The predicted octanol–water partition coefficient (Wildman–Crippen LogP) is -0.287. The lowest BCUT2D eigenvalue weighted by atomic mass is 10.8. The molecule has 1 rings (SSSR count). The minimum absolute atomic E-state index is 0.0952. The van der Waals surface area contributed by atoms with E-state index >= 15 is 0 Å². The number of aromatic nitrogens is 2. The summed E-state index contributed by atoms with van der Waals surface area (Å²) in [6.07, 6.45) is 0. The Morgan fingerprint density at radius 2 is 2.23 bits per heavy atom. The van der Waals surface area contributed by atoms with Crippen molar-refractivity contribution in [2.45, 2.75) is 13.5 Å². The summed E-state index contributed by atoms with van der Waals surface area (Å²) < 4.78 is 26.5. The van der Waals surface area contributed by atoms with E-state index in [0.717, 1.165) is 4.68 Å². The van der Waals surface area contributed by atoms with Crippen LogP contribution in [0.4, 0.5) is 0 Å². The van der Waals surface area contributed by atoms with Crippen molar-refractivity contribution in [2.24, 2.45) is 0 Å². The Morgan fingerprint density at radius 3 is 2.62 bits per heavy atom. The van der Waals surface area contributed by atoms with Crippen LogP contribution < -0.4 is 5.76 Å². The third-order valence-electron chi connectivity index (χ3n) is 1.25. The van der Waals surface area contributed by atoms with Gasteiger partial charge in [-0.05, 0) is 0 Å². The summed E-state index contributed by atoms with van der Waals surface area (Å²) in [6.45, 7) is 1.40. The molecule has 0 aliphatic rings. The molecule has 0 amide bonds. The Kier molecular flexibility index (Phi) is 2.77. The first-order chi connectivity index (χ1) is 5.88.